The molecular weight excluding hydrogens is 550 g/mol. The predicted octanol–water partition coefficient (Wildman–Crippen LogP) is 3.90. The second kappa shape index (κ2) is 12.5. The lowest BCUT2D eigenvalue weighted by molar-refractivity contribution is 0.0341. The molecule has 8 heteroatoms. The summed E-state index contributed by atoms with van der Waals surface area (Å²) in [4.78, 5) is 6.68. The quantitative estimate of drug-likeness (QED) is 0.311. The Balaban J connectivity index is 0.00000300. The Hall–Kier alpha value is -1.23. The van der Waals surface area contributed by atoms with E-state index in [-0.39, 0.29) is 29.8 Å². The molecule has 0 amide bonds. The molecule has 0 aromatic heterocycles. The Morgan fingerprint density at radius 2 is 1.79 bits per heavy atom. The predicted molar refractivity (Wildman–Crippen MR) is 129 cm³/mol. The van der Waals surface area contributed by atoms with Crippen molar-refractivity contribution in [2.75, 3.05) is 33.4 Å². The Bertz CT molecular complexity index is 815. The molecule has 29 heavy (non-hydrogen) atoms. The summed E-state index contributed by atoms with van der Waals surface area (Å²) in [5, 5.41) is 6.59. The molecule has 158 valence electrons. The van der Waals surface area contributed by atoms with E-state index in [0.29, 0.717) is 23.5 Å². The lowest BCUT2D eigenvalue weighted by Crippen LogP contribution is -2.37. The van der Waals surface area contributed by atoms with Gasteiger partial charge in [0.15, 0.2) is 5.96 Å². The van der Waals surface area contributed by atoms with Crippen molar-refractivity contribution in [1.82, 2.24) is 15.5 Å². The van der Waals surface area contributed by atoms with Crippen LogP contribution in [0.1, 0.15) is 16.7 Å². The van der Waals surface area contributed by atoms with Crippen molar-refractivity contribution in [1.29, 1.82) is 0 Å². The third-order valence-electron chi connectivity index (χ3n) is 4.73. The average Bonchev–Trinajstić information content (AvgIpc) is 2.72. The summed E-state index contributed by atoms with van der Waals surface area (Å²) in [7, 11) is 1.73. The van der Waals surface area contributed by atoms with Crippen LogP contribution in [0, 0.1) is 5.82 Å². The molecule has 1 aliphatic rings. The first kappa shape index (κ1) is 24.0. The number of guanidine groups is 1. The van der Waals surface area contributed by atoms with Crippen LogP contribution < -0.4 is 10.6 Å². The summed E-state index contributed by atoms with van der Waals surface area (Å²) in [6.07, 6.45) is 0. The number of nitrogens with zero attached hydrogens (tertiary/aromatic N) is 2. The first-order chi connectivity index (χ1) is 13.7. The van der Waals surface area contributed by atoms with Crippen LogP contribution in [-0.4, -0.2) is 44.2 Å². The molecule has 0 unspecified atom stereocenters. The van der Waals surface area contributed by atoms with Crippen molar-refractivity contribution < 1.29 is 9.13 Å². The summed E-state index contributed by atoms with van der Waals surface area (Å²) in [6, 6.07) is 13.6. The molecule has 3 rings (SSSR count). The molecule has 1 aliphatic heterocycles. The fraction of sp³-hybridized carbons (Fsp3) is 0.381. The molecule has 0 spiro atoms. The molecule has 2 aromatic rings. The lowest BCUT2D eigenvalue weighted by atomic mass is 10.1. The number of hydrogen-bond acceptors (Lipinski definition) is 3. The fourth-order valence-electron chi connectivity index (χ4n) is 3.12. The van der Waals surface area contributed by atoms with Crippen molar-refractivity contribution in [2.45, 2.75) is 19.6 Å². The van der Waals surface area contributed by atoms with Gasteiger partial charge >= 0.3 is 0 Å². The maximum Gasteiger partial charge on any atom is 0.191 e. The first-order valence-corrected chi connectivity index (χ1v) is 10.2. The molecular formula is C21H27BrFIN4O. The van der Waals surface area contributed by atoms with Crippen molar-refractivity contribution in [2.24, 2.45) is 4.99 Å². The van der Waals surface area contributed by atoms with E-state index in [1.54, 1.807) is 13.1 Å². The highest BCUT2D eigenvalue weighted by Gasteiger charge is 2.12. The zero-order valence-corrected chi connectivity index (χ0v) is 20.4. The second-order valence-electron chi connectivity index (χ2n) is 6.69. The molecule has 2 aromatic carbocycles. The highest BCUT2D eigenvalue weighted by Crippen LogP contribution is 2.16. The van der Waals surface area contributed by atoms with Crippen molar-refractivity contribution in [3.63, 3.8) is 0 Å². The largest absolute Gasteiger partial charge is 0.379 e. The molecule has 2 N–H and O–H groups in total. The summed E-state index contributed by atoms with van der Waals surface area (Å²) in [5.74, 6) is 0.420. The van der Waals surface area contributed by atoms with Gasteiger partial charge in [0, 0.05) is 39.8 Å². The Labute approximate surface area is 197 Å². The Morgan fingerprint density at radius 1 is 1.10 bits per heavy atom. The topological polar surface area (TPSA) is 48.9 Å². The summed E-state index contributed by atoms with van der Waals surface area (Å²) in [5.41, 5.74) is 3.41. The third kappa shape index (κ3) is 7.51. The van der Waals surface area contributed by atoms with Crippen LogP contribution in [0.15, 0.2) is 51.9 Å². The van der Waals surface area contributed by atoms with Gasteiger partial charge in [-0.3, -0.25) is 9.89 Å². The van der Waals surface area contributed by atoms with Gasteiger partial charge < -0.3 is 15.4 Å². The van der Waals surface area contributed by atoms with E-state index in [0.717, 1.165) is 38.4 Å². The van der Waals surface area contributed by atoms with Crippen LogP contribution in [0.5, 0.6) is 0 Å². The van der Waals surface area contributed by atoms with Crippen molar-refractivity contribution in [3.05, 3.63) is 69.4 Å². The molecule has 1 heterocycles. The third-order valence-corrected chi connectivity index (χ3v) is 5.37. The van der Waals surface area contributed by atoms with Gasteiger partial charge in [-0.25, -0.2) is 4.39 Å². The molecule has 1 saturated heterocycles. The minimum Gasteiger partial charge on any atom is -0.379 e. The summed E-state index contributed by atoms with van der Waals surface area (Å²) >= 11 is 3.17. The van der Waals surface area contributed by atoms with Crippen molar-refractivity contribution in [3.8, 4) is 0 Å². The number of morpholine rings is 1. The highest BCUT2D eigenvalue weighted by molar-refractivity contribution is 14.0. The maximum absolute atomic E-state index is 13.7. The van der Waals surface area contributed by atoms with Gasteiger partial charge in [-0.1, -0.05) is 30.3 Å². The smallest absolute Gasteiger partial charge is 0.191 e. The monoisotopic (exact) mass is 576 g/mol. The number of ether oxygens (including phenoxy) is 1. The van der Waals surface area contributed by atoms with Gasteiger partial charge in [0.2, 0.25) is 0 Å². The van der Waals surface area contributed by atoms with Crippen LogP contribution in [0.2, 0.25) is 0 Å². The molecule has 0 bridgehead atoms. The number of halogens is 3. The number of benzene rings is 2. The van der Waals surface area contributed by atoms with E-state index in [2.05, 4.69) is 60.7 Å². The van der Waals surface area contributed by atoms with Gasteiger partial charge in [0.1, 0.15) is 5.82 Å². The van der Waals surface area contributed by atoms with E-state index >= 15 is 0 Å². The lowest BCUT2D eigenvalue weighted by Gasteiger charge is -2.27. The maximum atomic E-state index is 13.7. The normalized spacial score (nSPS) is 14.9. The summed E-state index contributed by atoms with van der Waals surface area (Å²) in [6.45, 7) is 5.63. The Morgan fingerprint density at radius 3 is 2.48 bits per heavy atom. The van der Waals surface area contributed by atoms with E-state index in [9.17, 15) is 4.39 Å². The minimum atomic E-state index is -0.265. The number of rotatable bonds is 6. The van der Waals surface area contributed by atoms with E-state index < -0.39 is 0 Å². The van der Waals surface area contributed by atoms with Gasteiger partial charge in [-0.2, -0.15) is 0 Å². The minimum absolute atomic E-state index is 0. The number of aliphatic imine (C=N–C) groups is 1. The van der Waals surface area contributed by atoms with E-state index in [1.807, 2.05) is 6.07 Å². The molecule has 5 nitrogen and oxygen atoms in total. The van der Waals surface area contributed by atoms with Crippen LogP contribution in [-0.2, 0) is 24.4 Å². The van der Waals surface area contributed by atoms with E-state index in [4.69, 9.17) is 4.74 Å². The van der Waals surface area contributed by atoms with E-state index in [1.165, 1.54) is 17.2 Å². The van der Waals surface area contributed by atoms with Crippen molar-refractivity contribution >= 4 is 45.9 Å². The van der Waals surface area contributed by atoms with Gasteiger partial charge in [0.05, 0.1) is 17.7 Å². The van der Waals surface area contributed by atoms with Gasteiger partial charge in [-0.05, 0) is 44.8 Å². The summed E-state index contributed by atoms with van der Waals surface area (Å²) < 4.78 is 19.6. The Kier molecular flexibility index (Phi) is 10.3. The second-order valence-corrected chi connectivity index (χ2v) is 7.54. The standard InChI is InChI=1S/C21H26BrFN4O.HI/c1-24-21(25-13-16-6-7-19(22)20(23)12-16)26-14-17-4-2-3-5-18(17)15-27-8-10-28-11-9-27;/h2-7,12H,8-11,13-15H2,1H3,(H2,24,25,26);1H. The molecule has 0 radical (unpaired) electrons. The zero-order chi connectivity index (χ0) is 19.8. The van der Waals surface area contributed by atoms with Crippen LogP contribution in [0.4, 0.5) is 4.39 Å². The van der Waals surface area contributed by atoms with Crippen LogP contribution >= 0.6 is 39.9 Å². The zero-order valence-electron chi connectivity index (χ0n) is 16.5. The SMILES string of the molecule is CN=C(NCc1ccc(Br)c(F)c1)NCc1ccccc1CN1CCOCC1.I. The van der Waals surface area contributed by atoms with Crippen LogP contribution in [0.3, 0.4) is 0 Å². The molecule has 0 aliphatic carbocycles. The highest BCUT2D eigenvalue weighted by atomic mass is 127. The van der Waals surface area contributed by atoms with Crippen LogP contribution in [0.25, 0.3) is 0 Å². The first-order valence-electron chi connectivity index (χ1n) is 9.41. The van der Waals surface area contributed by atoms with Gasteiger partial charge in [-0.15, -0.1) is 24.0 Å². The molecule has 0 atom stereocenters. The molecule has 1 fully saturated rings. The molecule has 0 saturated carbocycles. The number of hydrogen-bond donors (Lipinski definition) is 2. The van der Waals surface area contributed by atoms with Gasteiger partial charge in [0.25, 0.3) is 0 Å². The number of nitrogens with one attached hydrogen (secondary N) is 2. The average molecular weight is 577 g/mol. The fourth-order valence-corrected chi connectivity index (χ4v) is 3.37.